The van der Waals surface area contributed by atoms with Crippen LogP contribution in [-0.4, -0.2) is 18.5 Å². The summed E-state index contributed by atoms with van der Waals surface area (Å²) in [5.74, 6) is 0.968. The Balaban J connectivity index is 1.81. The Labute approximate surface area is 105 Å². The molecule has 2 saturated carbocycles. The van der Waals surface area contributed by atoms with Gasteiger partial charge in [-0.2, -0.15) is 0 Å². The SMILES string of the molecule is CC1(C)CCCC1C(=O)NCC1CCCC1N. The first-order valence-corrected chi connectivity index (χ1v) is 7.04. The Morgan fingerprint density at radius 1 is 1.29 bits per heavy atom. The van der Waals surface area contributed by atoms with Crippen molar-refractivity contribution in [2.75, 3.05) is 6.54 Å². The third-order valence-electron chi connectivity index (χ3n) is 4.83. The molecule has 98 valence electrons. The third-order valence-corrected chi connectivity index (χ3v) is 4.83. The van der Waals surface area contributed by atoms with Gasteiger partial charge in [-0.15, -0.1) is 0 Å². The van der Waals surface area contributed by atoms with Gasteiger partial charge in [-0.3, -0.25) is 4.79 Å². The molecule has 3 N–H and O–H groups in total. The lowest BCUT2D eigenvalue weighted by Crippen LogP contribution is -2.41. The molecule has 0 spiro atoms. The second-order valence-corrected chi connectivity index (χ2v) is 6.53. The van der Waals surface area contributed by atoms with Crippen molar-refractivity contribution < 1.29 is 4.79 Å². The highest BCUT2D eigenvalue weighted by Gasteiger charge is 2.39. The van der Waals surface area contributed by atoms with E-state index in [1.54, 1.807) is 0 Å². The van der Waals surface area contributed by atoms with Crippen molar-refractivity contribution >= 4 is 5.91 Å². The van der Waals surface area contributed by atoms with Gasteiger partial charge in [0.15, 0.2) is 0 Å². The molecule has 0 aromatic heterocycles. The molecule has 1 amide bonds. The van der Waals surface area contributed by atoms with Gasteiger partial charge < -0.3 is 11.1 Å². The molecular formula is C14H26N2O. The Bertz CT molecular complexity index is 288. The van der Waals surface area contributed by atoms with Crippen molar-refractivity contribution in [1.82, 2.24) is 5.32 Å². The number of amides is 1. The predicted molar refractivity (Wildman–Crippen MR) is 69.4 cm³/mol. The highest BCUT2D eigenvalue weighted by Crippen LogP contribution is 2.42. The molecule has 0 aromatic rings. The van der Waals surface area contributed by atoms with Gasteiger partial charge in [-0.25, -0.2) is 0 Å². The van der Waals surface area contributed by atoms with E-state index < -0.39 is 0 Å². The second-order valence-electron chi connectivity index (χ2n) is 6.53. The minimum atomic E-state index is 0.182. The van der Waals surface area contributed by atoms with Crippen LogP contribution in [0.4, 0.5) is 0 Å². The summed E-state index contributed by atoms with van der Waals surface area (Å²) in [5.41, 5.74) is 6.20. The summed E-state index contributed by atoms with van der Waals surface area (Å²) in [6.45, 7) is 5.21. The van der Waals surface area contributed by atoms with Gasteiger partial charge in [0.25, 0.3) is 0 Å². The lowest BCUT2D eigenvalue weighted by Gasteiger charge is -2.27. The molecule has 2 aliphatic rings. The maximum Gasteiger partial charge on any atom is 0.223 e. The first-order valence-electron chi connectivity index (χ1n) is 7.04. The van der Waals surface area contributed by atoms with Crippen molar-refractivity contribution in [3.63, 3.8) is 0 Å². The maximum atomic E-state index is 12.2. The van der Waals surface area contributed by atoms with Crippen molar-refractivity contribution in [3.8, 4) is 0 Å². The van der Waals surface area contributed by atoms with Gasteiger partial charge in [-0.1, -0.05) is 26.7 Å². The van der Waals surface area contributed by atoms with Gasteiger partial charge in [0.1, 0.15) is 0 Å². The number of hydrogen-bond acceptors (Lipinski definition) is 2. The van der Waals surface area contributed by atoms with E-state index >= 15 is 0 Å². The third kappa shape index (κ3) is 2.82. The summed E-state index contributed by atoms with van der Waals surface area (Å²) in [4.78, 5) is 12.2. The molecule has 2 aliphatic carbocycles. The molecule has 0 saturated heterocycles. The average Bonchev–Trinajstić information content (AvgIpc) is 2.81. The van der Waals surface area contributed by atoms with Crippen LogP contribution in [0.25, 0.3) is 0 Å². The molecule has 0 heterocycles. The van der Waals surface area contributed by atoms with Gasteiger partial charge in [-0.05, 0) is 37.0 Å². The van der Waals surface area contributed by atoms with E-state index in [9.17, 15) is 4.79 Å². The molecule has 2 fully saturated rings. The minimum Gasteiger partial charge on any atom is -0.356 e. The zero-order valence-electron chi connectivity index (χ0n) is 11.2. The lowest BCUT2D eigenvalue weighted by molar-refractivity contribution is -0.127. The molecule has 0 aromatic carbocycles. The summed E-state index contributed by atoms with van der Waals surface area (Å²) in [6, 6.07) is 0.298. The lowest BCUT2D eigenvalue weighted by atomic mass is 9.81. The molecule has 0 aliphatic heterocycles. The van der Waals surface area contributed by atoms with Crippen LogP contribution >= 0.6 is 0 Å². The van der Waals surface area contributed by atoms with E-state index in [0.29, 0.717) is 12.0 Å². The Morgan fingerprint density at radius 3 is 2.59 bits per heavy atom. The summed E-state index contributed by atoms with van der Waals surface area (Å²) in [5, 5.41) is 3.13. The summed E-state index contributed by atoms with van der Waals surface area (Å²) in [7, 11) is 0. The van der Waals surface area contributed by atoms with Crippen LogP contribution in [0, 0.1) is 17.3 Å². The van der Waals surface area contributed by atoms with E-state index in [2.05, 4.69) is 19.2 Å². The summed E-state index contributed by atoms with van der Waals surface area (Å²) in [6.07, 6.45) is 6.93. The molecule has 3 unspecified atom stereocenters. The Hall–Kier alpha value is -0.570. The van der Waals surface area contributed by atoms with E-state index in [4.69, 9.17) is 5.73 Å². The van der Waals surface area contributed by atoms with Gasteiger partial charge in [0.2, 0.25) is 5.91 Å². The molecular weight excluding hydrogens is 212 g/mol. The minimum absolute atomic E-state index is 0.182. The van der Waals surface area contributed by atoms with Crippen molar-refractivity contribution in [1.29, 1.82) is 0 Å². The first-order chi connectivity index (χ1) is 8.00. The normalized spacial score (nSPS) is 36.1. The predicted octanol–water partition coefficient (Wildman–Crippen LogP) is 2.06. The standard InChI is InChI=1S/C14H26N2O/c1-14(2)8-4-6-11(14)13(17)16-9-10-5-3-7-12(10)15/h10-12H,3-9,15H2,1-2H3,(H,16,17). The van der Waals surface area contributed by atoms with Gasteiger partial charge in [0, 0.05) is 18.5 Å². The zero-order chi connectivity index (χ0) is 12.5. The van der Waals surface area contributed by atoms with E-state index in [0.717, 1.165) is 19.4 Å². The van der Waals surface area contributed by atoms with Crippen molar-refractivity contribution in [3.05, 3.63) is 0 Å². The van der Waals surface area contributed by atoms with Crippen molar-refractivity contribution in [2.45, 2.75) is 58.4 Å². The quantitative estimate of drug-likeness (QED) is 0.790. The van der Waals surface area contributed by atoms with Crippen LogP contribution in [0.1, 0.15) is 52.4 Å². The molecule has 0 bridgehead atoms. The maximum absolute atomic E-state index is 12.2. The van der Waals surface area contributed by atoms with Gasteiger partial charge >= 0.3 is 0 Å². The molecule has 3 atom stereocenters. The van der Waals surface area contributed by atoms with Crippen LogP contribution in [0.2, 0.25) is 0 Å². The first kappa shape index (κ1) is 12.9. The topological polar surface area (TPSA) is 55.1 Å². The largest absolute Gasteiger partial charge is 0.356 e. The van der Waals surface area contributed by atoms with E-state index in [-0.39, 0.29) is 17.2 Å². The highest BCUT2D eigenvalue weighted by molar-refractivity contribution is 5.79. The number of hydrogen-bond donors (Lipinski definition) is 2. The average molecular weight is 238 g/mol. The fourth-order valence-electron chi connectivity index (χ4n) is 3.49. The Kier molecular flexibility index (Phi) is 3.76. The molecule has 3 heteroatoms. The number of nitrogens with one attached hydrogen (secondary N) is 1. The van der Waals surface area contributed by atoms with Crippen LogP contribution in [0.15, 0.2) is 0 Å². The van der Waals surface area contributed by atoms with Crippen LogP contribution < -0.4 is 11.1 Å². The monoisotopic (exact) mass is 238 g/mol. The number of carbonyl (C=O) groups excluding carboxylic acids is 1. The number of nitrogens with two attached hydrogens (primary N) is 1. The molecule has 0 radical (unpaired) electrons. The smallest absolute Gasteiger partial charge is 0.223 e. The summed E-state index contributed by atoms with van der Waals surface area (Å²) >= 11 is 0. The molecule has 3 nitrogen and oxygen atoms in total. The summed E-state index contributed by atoms with van der Waals surface area (Å²) < 4.78 is 0. The van der Waals surface area contributed by atoms with Crippen LogP contribution in [-0.2, 0) is 4.79 Å². The van der Waals surface area contributed by atoms with Gasteiger partial charge in [0.05, 0.1) is 0 Å². The van der Waals surface area contributed by atoms with E-state index in [1.807, 2.05) is 0 Å². The number of rotatable bonds is 3. The fourth-order valence-corrected chi connectivity index (χ4v) is 3.49. The van der Waals surface area contributed by atoms with Crippen LogP contribution in [0.3, 0.4) is 0 Å². The molecule has 2 rings (SSSR count). The van der Waals surface area contributed by atoms with Crippen molar-refractivity contribution in [2.24, 2.45) is 23.0 Å². The zero-order valence-corrected chi connectivity index (χ0v) is 11.2. The second kappa shape index (κ2) is 4.97. The van der Waals surface area contributed by atoms with E-state index in [1.165, 1.54) is 25.7 Å². The Morgan fingerprint density at radius 2 is 2.06 bits per heavy atom. The fraction of sp³-hybridized carbons (Fsp3) is 0.929. The molecule has 17 heavy (non-hydrogen) atoms. The number of carbonyl (C=O) groups is 1. The van der Waals surface area contributed by atoms with Crippen LogP contribution in [0.5, 0.6) is 0 Å². The highest BCUT2D eigenvalue weighted by atomic mass is 16.1.